The van der Waals surface area contributed by atoms with Gasteiger partial charge in [0.15, 0.2) is 10.6 Å². The van der Waals surface area contributed by atoms with Crippen molar-refractivity contribution in [2.75, 3.05) is 13.1 Å². The normalized spacial score (nSPS) is 10.7. The third-order valence-electron chi connectivity index (χ3n) is 1.45. The van der Waals surface area contributed by atoms with Crippen molar-refractivity contribution in [3.05, 3.63) is 0 Å². The van der Waals surface area contributed by atoms with Gasteiger partial charge < -0.3 is 5.32 Å². The van der Waals surface area contributed by atoms with Gasteiger partial charge in [0.25, 0.3) is 0 Å². The molecular formula is C8H15Cl2NO. The molecule has 72 valence electrons. The second-order valence-corrected chi connectivity index (χ2v) is 3.72. The van der Waals surface area contributed by atoms with Crippen LogP contribution in [0.4, 0.5) is 0 Å². The van der Waals surface area contributed by atoms with Gasteiger partial charge in [-0.15, -0.1) is 0 Å². The van der Waals surface area contributed by atoms with E-state index in [1.165, 1.54) is 0 Å². The Morgan fingerprint density at radius 3 is 2.58 bits per heavy atom. The molecule has 0 saturated carbocycles. The summed E-state index contributed by atoms with van der Waals surface area (Å²) in [6.45, 7) is 3.96. The molecule has 0 bridgehead atoms. The molecule has 4 heteroatoms. The van der Waals surface area contributed by atoms with E-state index in [4.69, 9.17) is 23.2 Å². The van der Waals surface area contributed by atoms with E-state index in [1.54, 1.807) is 0 Å². The van der Waals surface area contributed by atoms with Gasteiger partial charge in [-0.1, -0.05) is 30.1 Å². The molecule has 0 rings (SSSR count). The number of carbonyl (C=O) groups excluding carboxylic acids is 1. The third kappa shape index (κ3) is 6.89. The summed E-state index contributed by atoms with van der Waals surface area (Å²) >= 11 is 10.7. The molecule has 0 fully saturated rings. The number of hydrogen-bond donors (Lipinski definition) is 1. The number of ketones is 1. The first kappa shape index (κ1) is 12.2. The first-order valence-corrected chi connectivity index (χ1v) is 5.07. The highest BCUT2D eigenvalue weighted by atomic mass is 35.5. The van der Waals surface area contributed by atoms with Crippen molar-refractivity contribution in [1.29, 1.82) is 0 Å². The molecule has 1 N–H and O–H groups in total. The fourth-order valence-corrected chi connectivity index (χ4v) is 1.02. The average Bonchev–Trinajstić information content (AvgIpc) is 2.03. The summed E-state index contributed by atoms with van der Waals surface area (Å²) in [5.41, 5.74) is 0. The Balaban J connectivity index is 3.14. The number of alkyl halides is 2. The van der Waals surface area contributed by atoms with Crippen LogP contribution in [0.2, 0.25) is 0 Å². The van der Waals surface area contributed by atoms with Crippen LogP contribution in [-0.2, 0) is 4.79 Å². The fourth-order valence-electron chi connectivity index (χ4n) is 0.799. The van der Waals surface area contributed by atoms with E-state index >= 15 is 0 Å². The van der Waals surface area contributed by atoms with E-state index < -0.39 is 4.84 Å². The minimum atomic E-state index is -0.851. The minimum Gasteiger partial charge on any atom is -0.317 e. The summed E-state index contributed by atoms with van der Waals surface area (Å²) in [4.78, 5) is 10.0. The second-order valence-electron chi connectivity index (χ2n) is 2.62. The van der Waals surface area contributed by atoms with E-state index in [0.717, 1.165) is 25.9 Å². The van der Waals surface area contributed by atoms with E-state index in [-0.39, 0.29) is 5.78 Å². The Morgan fingerprint density at radius 2 is 2.08 bits per heavy atom. The molecule has 0 aliphatic carbocycles. The van der Waals surface area contributed by atoms with Crippen LogP contribution >= 0.6 is 23.2 Å². The molecule has 0 aromatic carbocycles. The van der Waals surface area contributed by atoms with Crippen LogP contribution in [0.15, 0.2) is 0 Å². The van der Waals surface area contributed by atoms with Gasteiger partial charge in [-0.25, -0.2) is 0 Å². The predicted octanol–water partition coefficient (Wildman–Crippen LogP) is 2.14. The lowest BCUT2D eigenvalue weighted by molar-refractivity contribution is -0.117. The molecule has 0 amide bonds. The number of nitrogens with one attached hydrogen (secondary N) is 1. The third-order valence-corrected chi connectivity index (χ3v) is 1.93. The second kappa shape index (κ2) is 7.84. The number of carbonyl (C=O) groups is 1. The van der Waals surface area contributed by atoms with Crippen molar-refractivity contribution in [1.82, 2.24) is 5.32 Å². The van der Waals surface area contributed by atoms with E-state index in [9.17, 15) is 4.79 Å². The molecule has 0 aliphatic rings. The van der Waals surface area contributed by atoms with Crippen molar-refractivity contribution >= 4 is 29.0 Å². The van der Waals surface area contributed by atoms with E-state index in [2.05, 4.69) is 12.2 Å². The van der Waals surface area contributed by atoms with Gasteiger partial charge in [0.2, 0.25) is 0 Å². The van der Waals surface area contributed by atoms with Gasteiger partial charge in [-0.05, 0) is 25.9 Å². The maximum absolute atomic E-state index is 10.9. The highest BCUT2D eigenvalue weighted by molar-refractivity contribution is 6.53. The topological polar surface area (TPSA) is 29.1 Å². The molecule has 0 saturated heterocycles. The van der Waals surface area contributed by atoms with E-state index in [0.29, 0.717) is 6.42 Å². The molecule has 12 heavy (non-hydrogen) atoms. The lowest BCUT2D eigenvalue weighted by Crippen LogP contribution is -2.18. The quantitative estimate of drug-likeness (QED) is 0.517. The summed E-state index contributed by atoms with van der Waals surface area (Å²) in [6, 6.07) is 0. The Bertz CT molecular complexity index is 128. The standard InChI is InChI=1S/C8H15Cl2NO/c1-2-5-11-6-3-4-7(12)8(9)10/h8,11H,2-6H2,1H3. The molecule has 0 atom stereocenters. The van der Waals surface area contributed by atoms with Gasteiger partial charge in [0.05, 0.1) is 0 Å². The lowest BCUT2D eigenvalue weighted by Gasteiger charge is -2.02. The molecule has 0 aromatic rings. The highest BCUT2D eigenvalue weighted by Crippen LogP contribution is 2.06. The summed E-state index contributed by atoms with van der Waals surface area (Å²) < 4.78 is 0. The molecule has 0 radical (unpaired) electrons. The van der Waals surface area contributed by atoms with Crippen molar-refractivity contribution in [3.63, 3.8) is 0 Å². The van der Waals surface area contributed by atoms with Crippen LogP contribution in [0.25, 0.3) is 0 Å². The summed E-state index contributed by atoms with van der Waals surface area (Å²) in [5, 5.41) is 3.19. The Morgan fingerprint density at radius 1 is 1.42 bits per heavy atom. The SMILES string of the molecule is CCCNCCCC(=O)C(Cl)Cl. The number of rotatable bonds is 7. The van der Waals surface area contributed by atoms with Crippen molar-refractivity contribution in [2.24, 2.45) is 0 Å². The van der Waals surface area contributed by atoms with Gasteiger partial charge in [0.1, 0.15) is 0 Å². The lowest BCUT2D eigenvalue weighted by atomic mass is 10.2. The van der Waals surface area contributed by atoms with Crippen LogP contribution in [0, 0.1) is 0 Å². The molecule has 0 heterocycles. The smallest absolute Gasteiger partial charge is 0.165 e. The summed E-state index contributed by atoms with van der Waals surface area (Å²) in [7, 11) is 0. The zero-order valence-electron chi connectivity index (χ0n) is 7.28. The first-order valence-electron chi connectivity index (χ1n) is 4.20. The van der Waals surface area contributed by atoms with Crippen molar-refractivity contribution < 1.29 is 4.79 Å². The Labute approximate surface area is 83.6 Å². The first-order chi connectivity index (χ1) is 5.68. The number of hydrogen-bond acceptors (Lipinski definition) is 2. The van der Waals surface area contributed by atoms with Crippen LogP contribution < -0.4 is 5.32 Å². The Kier molecular flexibility index (Phi) is 7.98. The zero-order valence-corrected chi connectivity index (χ0v) is 8.79. The van der Waals surface area contributed by atoms with Crippen molar-refractivity contribution in [2.45, 2.75) is 31.0 Å². The number of halogens is 2. The maximum atomic E-state index is 10.9. The molecule has 0 unspecified atom stereocenters. The van der Waals surface area contributed by atoms with Gasteiger partial charge >= 0.3 is 0 Å². The largest absolute Gasteiger partial charge is 0.317 e. The minimum absolute atomic E-state index is 0.0865. The highest BCUT2D eigenvalue weighted by Gasteiger charge is 2.09. The predicted molar refractivity (Wildman–Crippen MR) is 52.9 cm³/mol. The average molecular weight is 212 g/mol. The maximum Gasteiger partial charge on any atom is 0.165 e. The Hall–Kier alpha value is 0.210. The van der Waals surface area contributed by atoms with Crippen LogP contribution in [0.3, 0.4) is 0 Å². The summed E-state index contributed by atoms with van der Waals surface area (Å²) in [6.07, 6.45) is 2.39. The van der Waals surface area contributed by atoms with Crippen LogP contribution in [0.1, 0.15) is 26.2 Å². The molecule has 2 nitrogen and oxygen atoms in total. The number of Topliss-reactive ketones (excluding diaryl/α,β-unsaturated/α-hetero) is 1. The summed E-state index contributed by atoms with van der Waals surface area (Å²) in [5.74, 6) is -0.0865. The molecular weight excluding hydrogens is 197 g/mol. The van der Waals surface area contributed by atoms with Crippen LogP contribution in [-0.4, -0.2) is 23.7 Å². The molecule has 0 aromatic heterocycles. The molecule has 0 spiro atoms. The van der Waals surface area contributed by atoms with Gasteiger partial charge in [0, 0.05) is 6.42 Å². The van der Waals surface area contributed by atoms with Gasteiger partial charge in [-0.2, -0.15) is 0 Å². The van der Waals surface area contributed by atoms with E-state index in [1.807, 2.05) is 0 Å². The fraction of sp³-hybridized carbons (Fsp3) is 0.875. The monoisotopic (exact) mass is 211 g/mol. The van der Waals surface area contributed by atoms with Crippen molar-refractivity contribution in [3.8, 4) is 0 Å². The van der Waals surface area contributed by atoms with Crippen LogP contribution in [0.5, 0.6) is 0 Å². The van der Waals surface area contributed by atoms with Gasteiger partial charge in [-0.3, -0.25) is 4.79 Å². The molecule has 0 aliphatic heterocycles. The zero-order chi connectivity index (χ0) is 9.40.